The van der Waals surface area contributed by atoms with Gasteiger partial charge in [0.25, 0.3) is 0 Å². The number of hydrogen-bond donors (Lipinski definition) is 2. The lowest BCUT2D eigenvalue weighted by atomic mass is 10.2. The molecule has 0 fully saturated rings. The maximum atomic E-state index is 11.8. The van der Waals surface area contributed by atoms with E-state index in [0.717, 1.165) is 6.42 Å². The van der Waals surface area contributed by atoms with Crippen molar-refractivity contribution in [1.82, 2.24) is 10.3 Å². The van der Waals surface area contributed by atoms with Crippen LogP contribution >= 0.6 is 0 Å². The Balaban J connectivity index is 2.58. The lowest BCUT2D eigenvalue weighted by molar-refractivity contribution is -0.115. The van der Waals surface area contributed by atoms with Crippen molar-refractivity contribution in [1.29, 1.82) is 0 Å². The molecular formula is C14H23N3O2. The summed E-state index contributed by atoms with van der Waals surface area (Å²) in [6.07, 6.45) is 2.65. The first-order valence-electron chi connectivity index (χ1n) is 6.67. The Labute approximate surface area is 114 Å². The van der Waals surface area contributed by atoms with E-state index in [9.17, 15) is 4.79 Å². The molecule has 0 aromatic carbocycles. The molecule has 0 saturated heterocycles. The van der Waals surface area contributed by atoms with E-state index in [2.05, 4.69) is 22.5 Å². The number of carbonyl (C=O) groups is 1. The van der Waals surface area contributed by atoms with E-state index < -0.39 is 0 Å². The lowest BCUT2D eigenvalue weighted by Gasteiger charge is -2.14. The molecular weight excluding hydrogens is 242 g/mol. The number of nitrogens with one attached hydrogen (secondary N) is 2. The summed E-state index contributed by atoms with van der Waals surface area (Å²) in [6.45, 7) is 8.25. The van der Waals surface area contributed by atoms with Crippen LogP contribution in [0.5, 0.6) is 5.88 Å². The van der Waals surface area contributed by atoms with Crippen LogP contribution in [0.2, 0.25) is 0 Å². The van der Waals surface area contributed by atoms with Crippen molar-refractivity contribution >= 4 is 11.6 Å². The normalized spacial score (nSPS) is 12.3. The van der Waals surface area contributed by atoms with Gasteiger partial charge in [0.05, 0.1) is 12.6 Å². The van der Waals surface area contributed by atoms with Gasteiger partial charge < -0.3 is 15.4 Å². The molecule has 106 valence electrons. The monoisotopic (exact) mass is 265 g/mol. The Bertz CT molecular complexity index is 407. The van der Waals surface area contributed by atoms with E-state index in [0.29, 0.717) is 17.6 Å². The number of aromatic nitrogens is 1. The Kier molecular flexibility index (Phi) is 6.29. The van der Waals surface area contributed by atoms with Crippen LogP contribution in [-0.4, -0.2) is 29.6 Å². The standard InChI is InChI=1S/C14H23N3O2/c1-5-11(4)16-9-13(18)17-12-7-6-8-15-14(12)19-10(2)3/h6-8,10-11,16H,5,9H2,1-4H3,(H,17,18). The number of pyridine rings is 1. The minimum atomic E-state index is -0.0955. The Morgan fingerprint density at radius 3 is 2.79 bits per heavy atom. The van der Waals surface area contributed by atoms with Gasteiger partial charge in [-0.2, -0.15) is 0 Å². The molecule has 1 rings (SSSR count). The number of nitrogens with zero attached hydrogens (tertiary/aromatic N) is 1. The van der Waals surface area contributed by atoms with E-state index in [4.69, 9.17) is 4.74 Å². The second-order valence-corrected chi connectivity index (χ2v) is 4.76. The summed E-state index contributed by atoms with van der Waals surface area (Å²) in [4.78, 5) is 15.9. The van der Waals surface area contributed by atoms with Crippen LogP contribution in [0.3, 0.4) is 0 Å². The average molecular weight is 265 g/mol. The van der Waals surface area contributed by atoms with Crippen molar-refractivity contribution in [2.75, 3.05) is 11.9 Å². The van der Waals surface area contributed by atoms with Gasteiger partial charge in [0.15, 0.2) is 0 Å². The molecule has 19 heavy (non-hydrogen) atoms. The molecule has 1 amide bonds. The fourth-order valence-corrected chi connectivity index (χ4v) is 1.41. The molecule has 0 aliphatic carbocycles. The topological polar surface area (TPSA) is 63.2 Å². The first kappa shape index (κ1) is 15.4. The summed E-state index contributed by atoms with van der Waals surface area (Å²) in [5.74, 6) is 0.358. The second-order valence-electron chi connectivity index (χ2n) is 4.76. The number of carbonyl (C=O) groups excluding carboxylic acids is 1. The van der Waals surface area contributed by atoms with Crippen molar-refractivity contribution in [2.45, 2.75) is 46.3 Å². The summed E-state index contributed by atoms with van der Waals surface area (Å²) in [6, 6.07) is 3.88. The highest BCUT2D eigenvalue weighted by Crippen LogP contribution is 2.21. The average Bonchev–Trinajstić information content (AvgIpc) is 2.37. The molecule has 1 aromatic heterocycles. The zero-order valence-electron chi connectivity index (χ0n) is 12.1. The Morgan fingerprint density at radius 1 is 1.42 bits per heavy atom. The number of anilines is 1. The SMILES string of the molecule is CCC(C)NCC(=O)Nc1cccnc1OC(C)C. The van der Waals surface area contributed by atoms with Gasteiger partial charge >= 0.3 is 0 Å². The highest BCUT2D eigenvalue weighted by molar-refractivity contribution is 5.93. The Morgan fingerprint density at radius 2 is 2.16 bits per heavy atom. The number of ether oxygens (including phenoxy) is 1. The van der Waals surface area contributed by atoms with Gasteiger partial charge in [0.1, 0.15) is 5.69 Å². The molecule has 1 atom stereocenters. The molecule has 5 nitrogen and oxygen atoms in total. The van der Waals surface area contributed by atoms with Gasteiger partial charge in [-0.3, -0.25) is 4.79 Å². The van der Waals surface area contributed by atoms with Crippen LogP contribution in [0, 0.1) is 0 Å². The maximum Gasteiger partial charge on any atom is 0.238 e. The smallest absolute Gasteiger partial charge is 0.238 e. The minimum Gasteiger partial charge on any atom is -0.473 e. The van der Waals surface area contributed by atoms with E-state index in [1.54, 1.807) is 18.3 Å². The molecule has 1 aromatic rings. The van der Waals surface area contributed by atoms with Crippen molar-refractivity contribution in [3.05, 3.63) is 18.3 Å². The van der Waals surface area contributed by atoms with Crippen LogP contribution in [0.15, 0.2) is 18.3 Å². The second kappa shape index (κ2) is 7.74. The summed E-state index contributed by atoms with van der Waals surface area (Å²) < 4.78 is 5.55. The molecule has 1 unspecified atom stereocenters. The third kappa shape index (κ3) is 5.70. The van der Waals surface area contributed by atoms with Crippen molar-refractivity contribution < 1.29 is 9.53 Å². The number of hydrogen-bond acceptors (Lipinski definition) is 4. The van der Waals surface area contributed by atoms with E-state index in [1.807, 2.05) is 20.8 Å². The molecule has 5 heteroatoms. The summed E-state index contributed by atoms with van der Waals surface area (Å²) in [5, 5.41) is 5.95. The van der Waals surface area contributed by atoms with Gasteiger partial charge in [-0.25, -0.2) is 4.98 Å². The third-order valence-corrected chi connectivity index (χ3v) is 2.62. The molecule has 0 bridgehead atoms. The van der Waals surface area contributed by atoms with Crippen molar-refractivity contribution in [3.63, 3.8) is 0 Å². The molecule has 2 N–H and O–H groups in total. The van der Waals surface area contributed by atoms with E-state index in [1.165, 1.54) is 0 Å². The summed E-state index contributed by atoms with van der Waals surface area (Å²) in [5.41, 5.74) is 0.604. The quantitative estimate of drug-likeness (QED) is 0.793. The van der Waals surface area contributed by atoms with Gasteiger partial charge in [-0.1, -0.05) is 6.92 Å². The van der Waals surface area contributed by atoms with Crippen LogP contribution in [0.1, 0.15) is 34.1 Å². The van der Waals surface area contributed by atoms with E-state index >= 15 is 0 Å². The summed E-state index contributed by atoms with van der Waals surface area (Å²) in [7, 11) is 0. The van der Waals surface area contributed by atoms with Crippen LogP contribution in [-0.2, 0) is 4.79 Å². The fraction of sp³-hybridized carbons (Fsp3) is 0.571. The number of amides is 1. The van der Waals surface area contributed by atoms with Gasteiger partial charge in [-0.05, 0) is 39.3 Å². The van der Waals surface area contributed by atoms with Gasteiger partial charge in [0.2, 0.25) is 11.8 Å². The molecule has 0 spiro atoms. The first-order chi connectivity index (χ1) is 9.02. The molecule has 0 aliphatic heterocycles. The number of rotatable bonds is 7. The third-order valence-electron chi connectivity index (χ3n) is 2.62. The lowest BCUT2D eigenvalue weighted by Crippen LogP contribution is -2.34. The van der Waals surface area contributed by atoms with Crippen LogP contribution in [0.25, 0.3) is 0 Å². The van der Waals surface area contributed by atoms with E-state index in [-0.39, 0.29) is 18.6 Å². The fourth-order valence-electron chi connectivity index (χ4n) is 1.41. The Hall–Kier alpha value is -1.62. The van der Waals surface area contributed by atoms with Crippen LogP contribution in [0.4, 0.5) is 5.69 Å². The highest BCUT2D eigenvalue weighted by atomic mass is 16.5. The summed E-state index contributed by atoms with van der Waals surface area (Å²) >= 11 is 0. The predicted molar refractivity (Wildman–Crippen MR) is 76.4 cm³/mol. The maximum absolute atomic E-state index is 11.8. The van der Waals surface area contributed by atoms with Crippen molar-refractivity contribution in [3.8, 4) is 5.88 Å². The zero-order valence-corrected chi connectivity index (χ0v) is 12.1. The van der Waals surface area contributed by atoms with Gasteiger partial charge in [0, 0.05) is 12.2 Å². The molecule has 1 heterocycles. The molecule has 0 aliphatic rings. The molecule has 0 saturated carbocycles. The largest absolute Gasteiger partial charge is 0.473 e. The predicted octanol–water partition coefficient (Wildman–Crippen LogP) is 2.20. The van der Waals surface area contributed by atoms with Crippen LogP contribution < -0.4 is 15.4 Å². The zero-order chi connectivity index (χ0) is 14.3. The minimum absolute atomic E-state index is 0.0174. The highest BCUT2D eigenvalue weighted by Gasteiger charge is 2.10. The van der Waals surface area contributed by atoms with Gasteiger partial charge in [-0.15, -0.1) is 0 Å². The van der Waals surface area contributed by atoms with Crippen molar-refractivity contribution in [2.24, 2.45) is 0 Å². The molecule has 0 radical (unpaired) electrons. The first-order valence-corrected chi connectivity index (χ1v) is 6.67.